The molecule has 5 aromatic carbocycles. The fourth-order valence-corrected chi connectivity index (χ4v) is 7.22. The lowest BCUT2D eigenvalue weighted by Gasteiger charge is -2.23. The van der Waals surface area contributed by atoms with E-state index in [1.165, 1.54) is 55.9 Å². The standard InChI is InChI=1S/C27H28N2.C22H26N2.C4H10/c1-19(2)24-17-23(21-11-7-5-8-12-21)18-25(20(3)4)26(24)29-16-15-28-27(29)22-13-9-6-10-14-22;1-15(2)18-11-8-12-19(16(3)4)21(18)24-14-13-23-22(24)20-10-7-6-9-17(20)5;1-4(2)3/h5-20H,1-4H3;6-16H,1-5H3;4H,1-3H3. The van der Waals surface area contributed by atoms with Gasteiger partial charge in [-0.05, 0) is 87.6 Å². The molecule has 0 saturated carbocycles. The Kier molecular flexibility index (Phi) is 14.7. The van der Waals surface area contributed by atoms with Crippen molar-refractivity contribution in [2.75, 3.05) is 0 Å². The topological polar surface area (TPSA) is 35.6 Å². The average molecular weight is 757 g/mol. The zero-order chi connectivity index (χ0) is 41.2. The van der Waals surface area contributed by atoms with E-state index >= 15 is 0 Å². The molecule has 0 unspecified atom stereocenters. The van der Waals surface area contributed by atoms with Crippen molar-refractivity contribution in [3.05, 3.63) is 168 Å². The van der Waals surface area contributed by atoms with Gasteiger partial charge in [0.05, 0.1) is 11.4 Å². The van der Waals surface area contributed by atoms with Gasteiger partial charge in [0.25, 0.3) is 0 Å². The highest BCUT2D eigenvalue weighted by atomic mass is 15.1. The third kappa shape index (κ3) is 10.3. The lowest BCUT2D eigenvalue weighted by molar-refractivity contribution is 0.737. The number of rotatable bonds is 9. The second-order valence-corrected chi connectivity index (χ2v) is 16.9. The van der Waals surface area contributed by atoms with Crippen LogP contribution in [0.2, 0.25) is 0 Å². The fourth-order valence-electron chi connectivity index (χ4n) is 7.22. The van der Waals surface area contributed by atoms with Crippen LogP contribution in [0.4, 0.5) is 0 Å². The Labute approximate surface area is 343 Å². The number of nitrogens with zero attached hydrogens (tertiary/aromatic N) is 4. The Balaban J connectivity index is 0.000000202. The predicted molar refractivity (Wildman–Crippen MR) is 245 cm³/mol. The number of benzene rings is 5. The molecule has 0 aliphatic heterocycles. The second kappa shape index (κ2) is 19.6. The van der Waals surface area contributed by atoms with Crippen molar-refractivity contribution in [2.45, 2.75) is 107 Å². The molecule has 4 heteroatoms. The molecule has 0 radical (unpaired) electrons. The normalized spacial score (nSPS) is 11.2. The van der Waals surface area contributed by atoms with E-state index in [2.05, 4.69) is 219 Å². The summed E-state index contributed by atoms with van der Waals surface area (Å²) in [4.78, 5) is 9.39. The summed E-state index contributed by atoms with van der Waals surface area (Å²) in [7, 11) is 0. The maximum atomic E-state index is 4.71. The summed E-state index contributed by atoms with van der Waals surface area (Å²) in [6.45, 7) is 26.8. The van der Waals surface area contributed by atoms with Gasteiger partial charge in [-0.3, -0.25) is 9.13 Å². The summed E-state index contributed by atoms with van der Waals surface area (Å²) in [5.74, 6) is 4.57. The van der Waals surface area contributed by atoms with Crippen molar-refractivity contribution in [2.24, 2.45) is 5.92 Å². The molecule has 0 aliphatic rings. The van der Waals surface area contributed by atoms with Gasteiger partial charge in [0.2, 0.25) is 0 Å². The quantitative estimate of drug-likeness (QED) is 0.147. The van der Waals surface area contributed by atoms with Crippen molar-refractivity contribution in [3.63, 3.8) is 0 Å². The molecule has 0 atom stereocenters. The smallest absolute Gasteiger partial charge is 0.144 e. The SMILES string of the molecule is CC(C)C.CC(C)c1cc(-c2ccccc2)cc(C(C)C)c1-n1ccnc1-c1ccccc1.Cc1ccccc1-c1nccn1-c1c(C(C)C)cccc1C(C)C. The summed E-state index contributed by atoms with van der Waals surface area (Å²) in [6.07, 6.45) is 8.00. The van der Waals surface area contributed by atoms with E-state index in [-0.39, 0.29) is 0 Å². The summed E-state index contributed by atoms with van der Waals surface area (Å²) in [6, 6.07) is 40.9. The first-order valence-electron chi connectivity index (χ1n) is 20.8. The van der Waals surface area contributed by atoms with E-state index in [9.17, 15) is 0 Å². The van der Waals surface area contributed by atoms with Crippen LogP contribution in [0.15, 0.2) is 140 Å². The van der Waals surface area contributed by atoms with Crippen molar-refractivity contribution < 1.29 is 0 Å². The summed E-state index contributed by atoms with van der Waals surface area (Å²) in [5, 5.41) is 0. The number of hydrogen-bond donors (Lipinski definition) is 0. The van der Waals surface area contributed by atoms with Crippen LogP contribution in [-0.2, 0) is 0 Å². The highest BCUT2D eigenvalue weighted by molar-refractivity contribution is 5.71. The summed E-state index contributed by atoms with van der Waals surface area (Å²) < 4.78 is 4.54. The number of aromatic nitrogens is 4. The van der Waals surface area contributed by atoms with Gasteiger partial charge >= 0.3 is 0 Å². The van der Waals surface area contributed by atoms with Crippen LogP contribution in [-0.4, -0.2) is 19.1 Å². The molecule has 0 amide bonds. The maximum absolute atomic E-state index is 4.71. The molecule has 7 aromatic rings. The minimum atomic E-state index is 0.400. The third-order valence-corrected chi connectivity index (χ3v) is 10.0. The Morgan fingerprint density at radius 1 is 0.404 bits per heavy atom. The van der Waals surface area contributed by atoms with Gasteiger partial charge in [0.1, 0.15) is 11.6 Å². The van der Waals surface area contributed by atoms with Crippen LogP contribution in [0.3, 0.4) is 0 Å². The first-order valence-corrected chi connectivity index (χ1v) is 20.8. The molecule has 57 heavy (non-hydrogen) atoms. The molecule has 0 fully saturated rings. The van der Waals surface area contributed by atoms with E-state index < -0.39 is 0 Å². The number of hydrogen-bond acceptors (Lipinski definition) is 2. The van der Waals surface area contributed by atoms with Gasteiger partial charge in [0, 0.05) is 35.9 Å². The van der Waals surface area contributed by atoms with E-state index in [1.54, 1.807) is 0 Å². The monoisotopic (exact) mass is 757 g/mol. The minimum absolute atomic E-state index is 0.400. The minimum Gasteiger partial charge on any atom is -0.299 e. The number of para-hydroxylation sites is 1. The Bertz CT molecular complexity index is 2240. The molecule has 4 nitrogen and oxygen atoms in total. The van der Waals surface area contributed by atoms with Crippen molar-refractivity contribution in [1.82, 2.24) is 19.1 Å². The number of imidazole rings is 2. The largest absolute Gasteiger partial charge is 0.299 e. The van der Waals surface area contributed by atoms with Crippen LogP contribution in [0.5, 0.6) is 0 Å². The van der Waals surface area contributed by atoms with Crippen LogP contribution in [0.1, 0.15) is 128 Å². The second-order valence-electron chi connectivity index (χ2n) is 16.9. The molecule has 2 heterocycles. The van der Waals surface area contributed by atoms with Gasteiger partial charge in [0.15, 0.2) is 0 Å². The fraction of sp³-hybridized carbons (Fsp3) is 0.321. The van der Waals surface area contributed by atoms with Gasteiger partial charge in [-0.15, -0.1) is 0 Å². The highest BCUT2D eigenvalue weighted by Crippen LogP contribution is 2.38. The van der Waals surface area contributed by atoms with Crippen molar-refractivity contribution in [3.8, 4) is 45.3 Å². The molecule has 0 spiro atoms. The first kappa shape index (κ1) is 42.7. The Hall–Kier alpha value is -5.48. The van der Waals surface area contributed by atoms with Crippen molar-refractivity contribution in [1.29, 1.82) is 0 Å². The van der Waals surface area contributed by atoms with Gasteiger partial charge < -0.3 is 0 Å². The van der Waals surface area contributed by atoms with E-state index in [1.807, 2.05) is 18.5 Å². The molecule has 0 aliphatic carbocycles. The maximum Gasteiger partial charge on any atom is 0.144 e. The molecular formula is C53H64N4. The van der Waals surface area contributed by atoms with E-state index in [0.717, 1.165) is 23.1 Å². The van der Waals surface area contributed by atoms with Crippen LogP contribution < -0.4 is 0 Å². The van der Waals surface area contributed by atoms with Crippen LogP contribution in [0.25, 0.3) is 45.3 Å². The van der Waals surface area contributed by atoms with E-state index in [4.69, 9.17) is 4.98 Å². The molecule has 0 saturated heterocycles. The highest BCUT2D eigenvalue weighted by Gasteiger charge is 2.21. The lowest BCUT2D eigenvalue weighted by Crippen LogP contribution is -2.08. The molecular weight excluding hydrogens is 693 g/mol. The van der Waals surface area contributed by atoms with Crippen LogP contribution in [0, 0.1) is 12.8 Å². The zero-order valence-corrected chi connectivity index (χ0v) is 36.5. The van der Waals surface area contributed by atoms with Gasteiger partial charge in [-0.2, -0.15) is 0 Å². The van der Waals surface area contributed by atoms with E-state index in [0.29, 0.717) is 23.7 Å². The average Bonchev–Trinajstić information content (AvgIpc) is 3.89. The Morgan fingerprint density at radius 3 is 1.28 bits per heavy atom. The first-order chi connectivity index (χ1) is 27.3. The van der Waals surface area contributed by atoms with Crippen LogP contribution >= 0.6 is 0 Å². The zero-order valence-electron chi connectivity index (χ0n) is 36.5. The Morgan fingerprint density at radius 2 is 0.807 bits per heavy atom. The lowest BCUT2D eigenvalue weighted by atomic mass is 9.88. The van der Waals surface area contributed by atoms with Gasteiger partial charge in [-0.1, -0.05) is 179 Å². The molecule has 7 rings (SSSR count). The summed E-state index contributed by atoms with van der Waals surface area (Å²) >= 11 is 0. The number of aryl methyl sites for hydroxylation is 1. The predicted octanol–water partition coefficient (Wildman–Crippen LogP) is 15.2. The molecule has 296 valence electrons. The van der Waals surface area contributed by atoms with Crippen molar-refractivity contribution >= 4 is 0 Å². The third-order valence-electron chi connectivity index (χ3n) is 10.0. The molecule has 2 aromatic heterocycles. The summed E-state index contributed by atoms with van der Waals surface area (Å²) in [5.41, 5.74) is 14.1. The molecule has 0 N–H and O–H groups in total. The van der Waals surface area contributed by atoms with Gasteiger partial charge in [-0.25, -0.2) is 9.97 Å². The molecule has 0 bridgehead atoms.